The van der Waals surface area contributed by atoms with Gasteiger partial charge in [0.05, 0.1) is 19.0 Å². The third-order valence-electron chi connectivity index (χ3n) is 3.57. The first-order chi connectivity index (χ1) is 11.1. The first kappa shape index (κ1) is 17.8. The zero-order chi connectivity index (χ0) is 16.5. The fourth-order valence-corrected chi connectivity index (χ4v) is 3.62. The summed E-state index contributed by atoms with van der Waals surface area (Å²) in [5.41, 5.74) is 0. The summed E-state index contributed by atoms with van der Waals surface area (Å²) in [5.74, 6) is 0.653. The normalized spacial score (nSPS) is 17.2. The highest BCUT2D eigenvalue weighted by Crippen LogP contribution is 2.04. The smallest absolute Gasteiger partial charge is 0.215 e. The molecule has 0 amide bonds. The summed E-state index contributed by atoms with van der Waals surface area (Å²) in [6.45, 7) is 3.66. The Hall–Kier alpha value is -1.58. The molecule has 0 radical (unpaired) electrons. The molecule has 1 fully saturated rings. The molecule has 0 aromatic carbocycles. The van der Waals surface area contributed by atoms with Crippen LogP contribution in [0.3, 0.4) is 0 Å². The quantitative estimate of drug-likeness (QED) is 0.506. The number of ether oxygens (including phenoxy) is 1. The van der Waals surface area contributed by atoms with Crippen molar-refractivity contribution in [3.05, 3.63) is 24.5 Å². The fraction of sp³-hybridized carbons (Fsp3) is 0.643. The lowest BCUT2D eigenvalue weighted by Crippen LogP contribution is -2.45. The van der Waals surface area contributed by atoms with Gasteiger partial charge in [-0.1, -0.05) is 0 Å². The van der Waals surface area contributed by atoms with E-state index < -0.39 is 10.0 Å². The van der Waals surface area contributed by atoms with Crippen LogP contribution in [0.25, 0.3) is 0 Å². The van der Waals surface area contributed by atoms with Gasteiger partial charge < -0.3 is 19.9 Å². The minimum Gasteiger partial charge on any atom is -0.379 e. The first-order valence-corrected chi connectivity index (χ1v) is 9.33. The minimum atomic E-state index is -3.24. The van der Waals surface area contributed by atoms with Gasteiger partial charge in [-0.3, -0.25) is 4.99 Å². The van der Waals surface area contributed by atoms with Crippen molar-refractivity contribution in [2.75, 3.05) is 52.2 Å². The van der Waals surface area contributed by atoms with E-state index in [-0.39, 0.29) is 5.75 Å². The molecule has 1 aliphatic heterocycles. The Morgan fingerprint density at radius 3 is 2.48 bits per heavy atom. The molecule has 1 aromatic heterocycles. The van der Waals surface area contributed by atoms with Crippen LogP contribution in [-0.2, 0) is 21.3 Å². The van der Waals surface area contributed by atoms with Crippen LogP contribution in [0.15, 0.2) is 29.5 Å². The van der Waals surface area contributed by atoms with Crippen molar-refractivity contribution in [1.29, 1.82) is 0 Å². The van der Waals surface area contributed by atoms with Gasteiger partial charge in [0.25, 0.3) is 0 Å². The van der Waals surface area contributed by atoms with E-state index in [0.717, 1.165) is 6.54 Å². The van der Waals surface area contributed by atoms with Crippen molar-refractivity contribution in [2.45, 2.75) is 6.54 Å². The molecular weight excluding hydrogens is 318 g/mol. The molecule has 130 valence electrons. The van der Waals surface area contributed by atoms with Crippen molar-refractivity contribution in [2.24, 2.45) is 4.99 Å². The lowest BCUT2D eigenvalue weighted by atomic mass is 10.5. The van der Waals surface area contributed by atoms with Crippen LogP contribution in [0.4, 0.5) is 0 Å². The Morgan fingerprint density at radius 2 is 1.83 bits per heavy atom. The number of guanidine groups is 1. The number of aromatic nitrogens is 1. The second-order valence-electron chi connectivity index (χ2n) is 5.17. The van der Waals surface area contributed by atoms with Crippen molar-refractivity contribution in [3.8, 4) is 0 Å². The molecule has 1 aliphatic rings. The Balaban J connectivity index is 1.68. The SMILES string of the molecule is CN=C(NCCn1cccc1)NCCS(=O)(=O)N1CCOCC1. The van der Waals surface area contributed by atoms with Crippen molar-refractivity contribution in [3.63, 3.8) is 0 Å². The maximum atomic E-state index is 12.2. The molecule has 0 unspecified atom stereocenters. The molecule has 9 heteroatoms. The number of rotatable bonds is 7. The number of hydrogen-bond donors (Lipinski definition) is 2. The van der Waals surface area contributed by atoms with Gasteiger partial charge in [0.2, 0.25) is 10.0 Å². The van der Waals surface area contributed by atoms with Gasteiger partial charge in [0.15, 0.2) is 5.96 Å². The van der Waals surface area contributed by atoms with Gasteiger partial charge in [0.1, 0.15) is 0 Å². The highest BCUT2D eigenvalue weighted by atomic mass is 32.2. The van der Waals surface area contributed by atoms with E-state index in [2.05, 4.69) is 20.2 Å². The Bertz CT molecular complexity index is 580. The number of aliphatic imine (C=N–C) groups is 1. The zero-order valence-corrected chi connectivity index (χ0v) is 14.3. The lowest BCUT2D eigenvalue weighted by Gasteiger charge is -2.26. The Morgan fingerprint density at radius 1 is 1.17 bits per heavy atom. The lowest BCUT2D eigenvalue weighted by molar-refractivity contribution is 0.0730. The van der Waals surface area contributed by atoms with E-state index >= 15 is 0 Å². The van der Waals surface area contributed by atoms with E-state index in [0.29, 0.717) is 45.4 Å². The molecule has 1 aromatic rings. The Kier molecular flexibility index (Phi) is 6.87. The predicted octanol–water partition coefficient (Wildman–Crippen LogP) is -0.685. The molecule has 0 aliphatic carbocycles. The van der Waals surface area contributed by atoms with Crippen LogP contribution in [0, 0.1) is 0 Å². The van der Waals surface area contributed by atoms with Crippen LogP contribution in [-0.4, -0.2) is 75.4 Å². The number of morpholine rings is 1. The van der Waals surface area contributed by atoms with Crippen molar-refractivity contribution < 1.29 is 13.2 Å². The van der Waals surface area contributed by atoms with Gasteiger partial charge in [-0.25, -0.2) is 8.42 Å². The van der Waals surface area contributed by atoms with Crippen molar-refractivity contribution >= 4 is 16.0 Å². The maximum absolute atomic E-state index is 12.2. The third-order valence-corrected chi connectivity index (χ3v) is 5.44. The highest BCUT2D eigenvalue weighted by Gasteiger charge is 2.23. The summed E-state index contributed by atoms with van der Waals surface area (Å²) in [4.78, 5) is 4.10. The summed E-state index contributed by atoms with van der Waals surface area (Å²) in [7, 11) is -1.57. The van der Waals surface area contributed by atoms with Gasteiger partial charge in [-0.2, -0.15) is 4.31 Å². The second kappa shape index (κ2) is 8.90. The molecular formula is C14H25N5O3S. The topological polar surface area (TPSA) is 88.0 Å². The number of hydrogen-bond acceptors (Lipinski definition) is 4. The fourth-order valence-electron chi connectivity index (χ4n) is 2.30. The summed E-state index contributed by atoms with van der Waals surface area (Å²) in [6, 6.07) is 3.95. The zero-order valence-electron chi connectivity index (χ0n) is 13.4. The summed E-state index contributed by atoms with van der Waals surface area (Å²) in [5, 5.41) is 6.20. The van der Waals surface area contributed by atoms with Crippen LogP contribution in [0.1, 0.15) is 0 Å². The number of nitrogens with zero attached hydrogens (tertiary/aromatic N) is 3. The van der Waals surface area contributed by atoms with Crippen LogP contribution in [0.5, 0.6) is 0 Å². The first-order valence-electron chi connectivity index (χ1n) is 7.72. The van der Waals surface area contributed by atoms with Gasteiger partial charge in [-0.15, -0.1) is 0 Å². The molecule has 0 atom stereocenters. The average Bonchev–Trinajstić information content (AvgIpc) is 3.07. The molecule has 0 saturated carbocycles. The summed E-state index contributed by atoms with van der Waals surface area (Å²) >= 11 is 0. The molecule has 0 bridgehead atoms. The van der Waals surface area contributed by atoms with E-state index in [1.165, 1.54) is 4.31 Å². The molecule has 8 nitrogen and oxygen atoms in total. The Labute approximate surface area is 137 Å². The van der Waals surface area contributed by atoms with E-state index in [4.69, 9.17) is 4.74 Å². The van der Waals surface area contributed by atoms with Crippen LogP contribution < -0.4 is 10.6 Å². The van der Waals surface area contributed by atoms with E-state index in [1.807, 2.05) is 24.5 Å². The molecule has 23 heavy (non-hydrogen) atoms. The van der Waals surface area contributed by atoms with Crippen LogP contribution in [0.2, 0.25) is 0 Å². The van der Waals surface area contributed by atoms with Gasteiger partial charge >= 0.3 is 0 Å². The van der Waals surface area contributed by atoms with Gasteiger partial charge in [0, 0.05) is 52.2 Å². The maximum Gasteiger partial charge on any atom is 0.215 e. The third kappa shape index (κ3) is 5.85. The average molecular weight is 343 g/mol. The van der Waals surface area contributed by atoms with Gasteiger partial charge in [-0.05, 0) is 12.1 Å². The number of sulfonamides is 1. The standard InChI is InChI=1S/C14H25N5O3S/c1-15-14(16-4-8-18-6-2-3-7-18)17-5-13-23(20,21)19-9-11-22-12-10-19/h2-3,6-7H,4-5,8-13H2,1H3,(H2,15,16,17). The van der Waals surface area contributed by atoms with Crippen LogP contribution >= 0.6 is 0 Å². The molecule has 2 heterocycles. The summed E-state index contributed by atoms with van der Waals surface area (Å²) < 4.78 is 33.1. The second-order valence-corrected chi connectivity index (χ2v) is 7.26. The molecule has 2 N–H and O–H groups in total. The monoisotopic (exact) mass is 343 g/mol. The highest BCUT2D eigenvalue weighted by molar-refractivity contribution is 7.89. The molecule has 0 spiro atoms. The molecule has 1 saturated heterocycles. The van der Waals surface area contributed by atoms with E-state index in [1.54, 1.807) is 7.05 Å². The van der Waals surface area contributed by atoms with E-state index in [9.17, 15) is 8.42 Å². The predicted molar refractivity (Wildman–Crippen MR) is 90.0 cm³/mol. The number of nitrogens with one attached hydrogen (secondary N) is 2. The minimum absolute atomic E-state index is 0.0469. The van der Waals surface area contributed by atoms with Crippen molar-refractivity contribution in [1.82, 2.24) is 19.5 Å². The largest absolute Gasteiger partial charge is 0.379 e. The molecule has 2 rings (SSSR count). The summed E-state index contributed by atoms with van der Waals surface area (Å²) in [6.07, 6.45) is 3.99.